The molecule has 26 heavy (non-hydrogen) atoms. The van der Waals surface area contributed by atoms with Crippen molar-refractivity contribution in [3.05, 3.63) is 59.2 Å². The third-order valence-electron chi connectivity index (χ3n) is 3.47. The van der Waals surface area contributed by atoms with Crippen LogP contribution in [0.1, 0.15) is 23.1 Å². The number of benzene rings is 2. The first-order valence-electron chi connectivity index (χ1n) is 8.38. The molecule has 0 radical (unpaired) electrons. The molecule has 0 aromatic heterocycles. The van der Waals surface area contributed by atoms with E-state index in [1.165, 1.54) is 24.5 Å². The van der Waals surface area contributed by atoms with Crippen LogP contribution in [-0.2, 0) is 4.74 Å². The number of hydrazone groups is 1. The maximum atomic E-state index is 11.0. The maximum Gasteiger partial charge on any atom is 0.427 e. The summed E-state index contributed by atoms with van der Waals surface area (Å²) in [7, 11) is 1.28. The van der Waals surface area contributed by atoms with Crippen molar-refractivity contribution in [1.82, 2.24) is 5.43 Å². The highest BCUT2D eigenvalue weighted by atomic mass is 16.5. The predicted molar refractivity (Wildman–Crippen MR) is 101 cm³/mol. The number of para-hydroxylation sites is 1. The van der Waals surface area contributed by atoms with Crippen LogP contribution in [0.25, 0.3) is 0 Å². The number of rotatable bonds is 8. The number of nitrogens with one attached hydrogen (secondary N) is 1. The second-order valence-corrected chi connectivity index (χ2v) is 5.77. The summed E-state index contributed by atoms with van der Waals surface area (Å²) in [6.45, 7) is 5.19. The van der Waals surface area contributed by atoms with E-state index >= 15 is 0 Å². The number of hydrogen-bond donors (Lipinski definition) is 1. The largest absolute Gasteiger partial charge is 0.493 e. The van der Waals surface area contributed by atoms with Gasteiger partial charge in [-0.2, -0.15) is 5.10 Å². The summed E-state index contributed by atoms with van der Waals surface area (Å²) in [4.78, 5) is 11.0. The fourth-order valence-corrected chi connectivity index (χ4v) is 2.37. The minimum atomic E-state index is -0.622. The van der Waals surface area contributed by atoms with Gasteiger partial charge >= 0.3 is 6.09 Å². The van der Waals surface area contributed by atoms with E-state index in [0.717, 1.165) is 17.7 Å². The average Bonchev–Trinajstić information content (AvgIpc) is 2.61. The van der Waals surface area contributed by atoms with Crippen LogP contribution in [0.5, 0.6) is 11.5 Å². The molecule has 0 spiro atoms. The monoisotopic (exact) mass is 356 g/mol. The van der Waals surface area contributed by atoms with Crippen molar-refractivity contribution < 1.29 is 19.0 Å². The number of aryl methyl sites for hydroxylation is 2. The molecule has 2 aromatic rings. The molecule has 1 amide bonds. The van der Waals surface area contributed by atoms with Crippen LogP contribution in [0.3, 0.4) is 0 Å². The van der Waals surface area contributed by atoms with Gasteiger partial charge in [-0.25, -0.2) is 10.2 Å². The Balaban J connectivity index is 1.79. The summed E-state index contributed by atoms with van der Waals surface area (Å²) in [5.74, 6) is 1.57. The number of amides is 1. The van der Waals surface area contributed by atoms with E-state index in [2.05, 4.69) is 35.2 Å². The van der Waals surface area contributed by atoms with E-state index < -0.39 is 6.09 Å². The first-order valence-corrected chi connectivity index (χ1v) is 8.38. The lowest BCUT2D eigenvalue weighted by Crippen LogP contribution is -2.16. The number of nitrogens with zero attached hydrogens (tertiary/aromatic N) is 1. The van der Waals surface area contributed by atoms with E-state index in [9.17, 15) is 4.79 Å². The van der Waals surface area contributed by atoms with Gasteiger partial charge in [0.2, 0.25) is 0 Å². The Morgan fingerprint density at radius 3 is 2.50 bits per heavy atom. The van der Waals surface area contributed by atoms with Crippen LogP contribution in [0.4, 0.5) is 4.79 Å². The molecule has 0 aliphatic rings. The van der Waals surface area contributed by atoms with Gasteiger partial charge in [0.25, 0.3) is 0 Å². The number of carbonyl (C=O) groups excluding carboxylic acids is 1. The summed E-state index contributed by atoms with van der Waals surface area (Å²) in [6.07, 6.45) is 1.64. The predicted octanol–water partition coefficient (Wildman–Crippen LogP) is 3.84. The van der Waals surface area contributed by atoms with Crippen molar-refractivity contribution >= 4 is 12.3 Å². The SMILES string of the molecule is COC(=O)N/N=C/c1ccccc1OCCCOc1cc(C)cc(C)c1. The second-order valence-electron chi connectivity index (χ2n) is 5.77. The van der Waals surface area contributed by atoms with E-state index in [1.54, 1.807) is 0 Å². The summed E-state index contributed by atoms with van der Waals surface area (Å²) >= 11 is 0. The van der Waals surface area contributed by atoms with Crippen molar-refractivity contribution in [3.8, 4) is 11.5 Å². The Kier molecular flexibility index (Phi) is 7.49. The van der Waals surface area contributed by atoms with Gasteiger partial charge in [0.05, 0.1) is 26.5 Å². The summed E-state index contributed by atoms with van der Waals surface area (Å²) < 4.78 is 16.0. The number of carbonyl (C=O) groups is 1. The zero-order chi connectivity index (χ0) is 18.8. The second kappa shape index (κ2) is 10.1. The third kappa shape index (κ3) is 6.47. The van der Waals surface area contributed by atoms with Gasteiger partial charge in [-0.15, -0.1) is 0 Å². The molecule has 0 unspecified atom stereocenters. The number of ether oxygens (including phenoxy) is 3. The molecule has 0 bridgehead atoms. The first-order chi connectivity index (χ1) is 12.6. The molecule has 138 valence electrons. The smallest absolute Gasteiger partial charge is 0.427 e. The zero-order valence-electron chi connectivity index (χ0n) is 15.3. The molecule has 0 fully saturated rings. The summed E-state index contributed by atoms with van der Waals surface area (Å²) in [5, 5.41) is 3.82. The molecule has 0 heterocycles. The quantitative estimate of drug-likeness (QED) is 0.443. The zero-order valence-corrected chi connectivity index (χ0v) is 15.3. The molecular weight excluding hydrogens is 332 g/mol. The lowest BCUT2D eigenvalue weighted by molar-refractivity contribution is 0.171. The molecule has 6 heteroatoms. The molecule has 0 saturated heterocycles. The molecule has 6 nitrogen and oxygen atoms in total. The highest BCUT2D eigenvalue weighted by Crippen LogP contribution is 2.17. The molecule has 0 saturated carbocycles. The first kappa shape index (κ1) is 19.3. The van der Waals surface area contributed by atoms with Crippen molar-refractivity contribution in [2.45, 2.75) is 20.3 Å². The molecule has 2 rings (SSSR count). The molecule has 2 aromatic carbocycles. The minimum Gasteiger partial charge on any atom is -0.493 e. The van der Waals surface area contributed by atoms with Crippen LogP contribution < -0.4 is 14.9 Å². The molecule has 0 atom stereocenters. The van der Waals surface area contributed by atoms with Gasteiger partial charge in [-0.1, -0.05) is 18.2 Å². The normalized spacial score (nSPS) is 10.6. The molecule has 1 N–H and O–H groups in total. The van der Waals surface area contributed by atoms with Crippen molar-refractivity contribution in [2.24, 2.45) is 5.10 Å². The molecule has 0 aliphatic carbocycles. The average molecular weight is 356 g/mol. The van der Waals surface area contributed by atoms with Gasteiger partial charge in [-0.3, -0.25) is 0 Å². The van der Waals surface area contributed by atoms with Crippen LogP contribution >= 0.6 is 0 Å². The van der Waals surface area contributed by atoms with E-state index in [0.29, 0.717) is 19.0 Å². The van der Waals surface area contributed by atoms with Gasteiger partial charge in [0.1, 0.15) is 11.5 Å². The lowest BCUT2D eigenvalue weighted by Gasteiger charge is -2.10. The van der Waals surface area contributed by atoms with Crippen molar-refractivity contribution in [2.75, 3.05) is 20.3 Å². The van der Waals surface area contributed by atoms with E-state index in [1.807, 2.05) is 36.4 Å². The van der Waals surface area contributed by atoms with Crippen molar-refractivity contribution in [3.63, 3.8) is 0 Å². The minimum absolute atomic E-state index is 0.514. The van der Waals surface area contributed by atoms with Gasteiger partial charge in [0, 0.05) is 12.0 Å². The van der Waals surface area contributed by atoms with Crippen LogP contribution in [0.15, 0.2) is 47.6 Å². The highest BCUT2D eigenvalue weighted by molar-refractivity contribution is 5.84. The lowest BCUT2D eigenvalue weighted by atomic mass is 10.1. The molecular formula is C20H24N2O4. The van der Waals surface area contributed by atoms with Gasteiger partial charge in [0.15, 0.2) is 0 Å². The fourth-order valence-electron chi connectivity index (χ4n) is 2.37. The van der Waals surface area contributed by atoms with Gasteiger partial charge < -0.3 is 14.2 Å². The van der Waals surface area contributed by atoms with Gasteiger partial charge in [-0.05, 0) is 49.2 Å². The number of methoxy groups -OCH3 is 1. The standard InChI is InChI=1S/C20H24N2O4/c1-15-11-16(2)13-18(12-15)25-9-6-10-26-19-8-5-4-7-17(19)14-21-22-20(23)24-3/h4-5,7-8,11-14H,6,9-10H2,1-3H3,(H,22,23)/b21-14+. The van der Waals surface area contributed by atoms with Crippen LogP contribution in [0.2, 0.25) is 0 Å². The third-order valence-corrected chi connectivity index (χ3v) is 3.47. The van der Waals surface area contributed by atoms with Crippen molar-refractivity contribution in [1.29, 1.82) is 0 Å². The Hall–Kier alpha value is -3.02. The number of hydrogen-bond acceptors (Lipinski definition) is 5. The Bertz CT molecular complexity index is 739. The summed E-state index contributed by atoms with van der Waals surface area (Å²) in [5.41, 5.74) is 5.38. The van der Waals surface area contributed by atoms with E-state index in [-0.39, 0.29) is 0 Å². The Labute approximate surface area is 153 Å². The van der Waals surface area contributed by atoms with Crippen LogP contribution in [0, 0.1) is 13.8 Å². The Morgan fingerprint density at radius 1 is 1.08 bits per heavy atom. The highest BCUT2D eigenvalue weighted by Gasteiger charge is 2.02. The summed E-state index contributed by atoms with van der Waals surface area (Å²) in [6, 6.07) is 13.6. The topological polar surface area (TPSA) is 69.2 Å². The molecule has 0 aliphatic heterocycles. The maximum absolute atomic E-state index is 11.0. The van der Waals surface area contributed by atoms with Crippen LogP contribution in [-0.4, -0.2) is 32.6 Å². The Morgan fingerprint density at radius 2 is 1.77 bits per heavy atom. The van der Waals surface area contributed by atoms with E-state index in [4.69, 9.17) is 9.47 Å². The fraction of sp³-hybridized carbons (Fsp3) is 0.300.